The van der Waals surface area contributed by atoms with Crippen LogP contribution in [0.1, 0.15) is 55.7 Å². The molecule has 0 fully saturated rings. The first-order valence-electron chi connectivity index (χ1n) is 6.89. The number of nitrogens with two attached hydrogens (primary N) is 1. The van der Waals surface area contributed by atoms with Crippen molar-refractivity contribution in [3.63, 3.8) is 0 Å². The molecule has 1 aromatic rings. The molecule has 0 saturated carbocycles. The molecule has 1 nitrogen and oxygen atoms in total. The molecule has 1 unspecified atom stereocenters. The molecule has 0 radical (unpaired) electrons. The van der Waals surface area contributed by atoms with Crippen molar-refractivity contribution in [1.82, 2.24) is 0 Å². The first kappa shape index (κ1) is 13.8. The van der Waals surface area contributed by atoms with E-state index in [4.69, 9.17) is 5.73 Å². The van der Waals surface area contributed by atoms with Crippen molar-refractivity contribution in [3.8, 4) is 0 Å². The largest absolute Gasteiger partial charge is 0.321 e. The Kier molecular flexibility index (Phi) is 5.02. The van der Waals surface area contributed by atoms with Gasteiger partial charge in [0.05, 0.1) is 6.04 Å². The fourth-order valence-electron chi connectivity index (χ4n) is 2.52. The van der Waals surface area contributed by atoms with Crippen LogP contribution in [0.2, 0.25) is 0 Å². The first-order valence-corrected chi connectivity index (χ1v) is 7.68. The molecule has 0 bridgehead atoms. The Morgan fingerprint density at radius 1 is 1.17 bits per heavy atom. The highest BCUT2D eigenvalue weighted by Crippen LogP contribution is 2.29. The number of aryl methyl sites for hydroxylation is 1. The number of hydrogen-bond donors (Lipinski definition) is 1. The Balaban J connectivity index is 2.18. The van der Waals surface area contributed by atoms with Crippen LogP contribution < -0.4 is 5.73 Å². The van der Waals surface area contributed by atoms with Gasteiger partial charge < -0.3 is 5.73 Å². The van der Waals surface area contributed by atoms with E-state index in [1.807, 2.05) is 0 Å². The van der Waals surface area contributed by atoms with Gasteiger partial charge in [0, 0.05) is 4.47 Å². The van der Waals surface area contributed by atoms with Gasteiger partial charge >= 0.3 is 0 Å². The number of halogens is 1. The minimum Gasteiger partial charge on any atom is -0.321 e. The summed E-state index contributed by atoms with van der Waals surface area (Å²) in [6.45, 7) is 2.11. The summed E-state index contributed by atoms with van der Waals surface area (Å²) < 4.78 is 1.15. The molecule has 0 spiro atoms. The molecule has 98 valence electrons. The summed E-state index contributed by atoms with van der Waals surface area (Å²) in [7, 11) is 0. The van der Waals surface area contributed by atoms with Crippen molar-refractivity contribution in [2.45, 2.75) is 51.5 Å². The molecular formula is C16H22BrN. The Labute approximate surface area is 119 Å². The third-order valence-electron chi connectivity index (χ3n) is 3.78. The number of hydrogen-bond acceptors (Lipinski definition) is 1. The summed E-state index contributed by atoms with van der Waals surface area (Å²) in [5, 5.41) is 0. The van der Waals surface area contributed by atoms with Gasteiger partial charge in [0.15, 0.2) is 0 Å². The smallest absolute Gasteiger partial charge is 0.0511 e. The molecule has 0 aromatic heterocycles. The van der Waals surface area contributed by atoms with E-state index in [0.717, 1.165) is 10.9 Å². The number of allylic oxidation sites excluding steroid dienone is 1. The quantitative estimate of drug-likeness (QED) is 0.761. The van der Waals surface area contributed by atoms with E-state index >= 15 is 0 Å². The van der Waals surface area contributed by atoms with Crippen molar-refractivity contribution in [1.29, 1.82) is 0 Å². The van der Waals surface area contributed by atoms with Crippen molar-refractivity contribution in [3.05, 3.63) is 45.4 Å². The molecule has 1 aliphatic carbocycles. The van der Waals surface area contributed by atoms with Gasteiger partial charge in [-0.25, -0.2) is 0 Å². The van der Waals surface area contributed by atoms with Crippen LogP contribution in [0, 0.1) is 6.92 Å². The second-order valence-electron chi connectivity index (χ2n) is 5.22. The zero-order valence-electron chi connectivity index (χ0n) is 11.1. The van der Waals surface area contributed by atoms with E-state index in [9.17, 15) is 0 Å². The van der Waals surface area contributed by atoms with Crippen molar-refractivity contribution < 1.29 is 0 Å². The minimum atomic E-state index is 0.0694. The van der Waals surface area contributed by atoms with Gasteiger partial charge in [-0.3, -0.25) is 0 Å². The Bertz CT molecular complexity index is 437. The van der Waals surface area contributed by atoms with Gasteiger partial charge in [0.2, 0.25) is 0 Å². The van der Waals surface area contributed by atoms with Crippen LogP contribution in [0.4, 0.5) is 0 Å². The highest BCUT2D eigenvalue weighted by atomic mass is 79.9. The lowest BCUT2D eigenvalue weighted by atomic mass is 9.91. The summed E-state index contributed by atoms with van der Waals surface area (Å²) in [6, 6.07) is 6.53. The van der Waals surface area contributed by atoms with Gasteiger partial charge in [-0.15, -0.1) is 0 Å². The predicted molar refractivity (Wildman–Crippen MR) is 81.6 cm³/mol. The second-order valence-corrected chi connectivity index (χ2v) is 6.07. The minimum absolute atomic E-state index is 0.0694. The van der Waals surface area contributed by atoms with Crippen molar-refractivity contribution in [2.24, 2.45) is 5.73 Å². The van der Waals surface area contributed by atoms with E-state index in [0.29, 0.717) is 0 Å². The van der Waals surface area contributed by atoms with Gasteiger partial charge in [0.1, 0.15) is 0 Å². The lowest BCUT2D eigenvalue weighted by molar-refractivity contribution is 0.602. The standard InChI is InChI=1S/C16H22BrN/c1-12-9-10-14(11-15(12)17)16(18)13-7-5-3-2-4-6-8-13/h7,9-11,16H,2-6,8,18H2,1H3/b13-7+. The van der Waals surface area contributed by atoms with E-state index in [2.05, 4.69) is 47.1 Å². The van der Waals surface area contributed by atoms with Crippen LogP contribution in [-0.2, 0) is 0 Å². The molecule has 2 rings (SSSR count). The van der Waals surface area contributed by atoms with Crippen LogP contribution in [-0.4, -0.2) is 0 Å². The predicted octanol–water partition coefficient (Wildman–Crippen LogP) is 5.04. The molecule has 0 amide bonds. The summed E-state index contributed by atoms with van der Waals surface area (Å²) in [4.78, 5) is 0. The molecule has 2 heteroatoms. The highest BCUT2D eigenvalue weighted by molar-refractivity contribution is 9.10. The van der Waals surface area contributed by atoms with Gasteiger partial charge in [-0.05, 0) is 49.8 Å². The molecule has 0 aliphatic heterocycles. The molecule has 0 heterocycles. The summed E-state index contributed by atoms with van der Waals surface area (Å²) in [5.74, 6) is 0. The van der Waals surface area contributed by atoms with E-state index < -0.39 is 0 Å². The van der Waals surface area contributed by atoms with Crippen LogP contribution in [0.5, 0.6) is 0 Å². The normalized spacial score (nSPS) is 21.6. The third-order valence-corrected chi connectivity index (χ3v) is 4.63. The monoisotopic (exact) mass is 307 g/mol. The fourth-order valence-corrected chi connectivity index (χ4v) is 2.91. The highest BCUT2D eigenvalue weighted by Gasteiger charge is 2.13. The molecule has 2 N–H and O–H groups in total. The van der Waals surface area contributed by atoms with Crippen molar-refractivity contribution in [2.75, 3.05) is 0 Å². The zero-order chi connectivity index (χ0) is 13.0. The molecule has 1 aliphatic rings. The lowest BCUT2D eigenvalue weighted by Crippen LogP contribution is -2.14. The van der Waals surface area contributed by atoms with Gasteiger partial charge in [-0.2, -0.15) is 0 Å². The number of benzene rings is 1. The maximum Gasteiger partial charge on any atom is 0.0511 e. The molecule has 1 atom stereocenters. The maximum absolute atomic E-state index is 6.42. The molecule has 18 heavy (non-hydrogen) atoms. The second kappa shape index (κ2) is 6.53. The molecule has 0 saturated heterocycles. The lowest BCUT2D eigenvalue weighted by Gasteiger charge is -2.19. The van der Waals surface area contributed by atoms with Crippen LogP contribution >= 0.6 is 15.9 Å². The Morgan fingerprint density at radius 2 is 1.94 bits per heavy atom. The SMILES string of the molecule is Cc1ccc(C(N)/C2=C/CCCCCC2)cc1Br. The first-order chi connectivity index (χ1) is 8.68. The zero-order valence-corrected chi connectivity index (χ0v) is 12.7. The van der Waals surface area contributed by atoms with Gasteiger partial charge in [-0.1, -0.05) is 52.6 Å². The van der Waals surface area contributed by atoms with Crippen LogP contribution in [0.15, 0.2) is 34.3 Å². The Morgan fingerprint density at radius 3 is 2.72 bits per heavy atom. The van der Waals surface area contributed by atoms with Crippen LogP contribution in [0.25, 0.3) is 0 Å². The average molecular weight is 308 g/mol. The van der Waals surface area contributed by atoms with Crippen molar-refractivity contribution >= 4 is 15.9 Å². The van der Waals surface area contributed by atoms with E-state index in [1.165, 1.54) is 48.8 Å². The summed E-state index contributed by atoms with van der Waals surface area (Å²) in [5.41, 5.74) is 10.3. The topological polar surface area (TPSA) is 26.0 Å². The number of rotatable bonds is 2. The molecular weight excluding hydrogens is 286 g/mol. The maximum atomic E-state index is 6.42. The summed E-state index contributed by atoms with van der Waals surface area (Å²) in [6.07, 6.45) is 10.0. The molecule has 1 aromatic carbocycles. The van der Waals surface area contributed by atoms with Gasteiger partial charge in [0.25, 0.3) is 0 Å². The van der Waals surface area contributed by atoms with E-state index in [-0.39, 0.29) is 6.04 Å². The average Bonchev–Trinajstić information content (AvgIpc) is 2.31. The third kappa shape index (κ3) is 3.46. The summed E-state index contributed by atoms with van der Waals surface area (Å²) >= 11 is 3.59. The Hall–Kier alpha value is -0.600. The fraction of sp³-hybridized carbons (Fsp3) is 0.500. The van der Waals surface area contributed by atoms with E-state index in [1.54, 1.807) is 0 Å². The van der Waals surface area contributed by atoms with Crippen LogP contribution in [0.3, 0.4) is 0 Å².